The number of rotatable bonds is 10. The van der Waals surface area contributed by atoms with Crippen molar-refractivity contribution in [1.82, 2.24) is 19.9 Å². The molecule has 10 nitrogen and oxygen atoms in total. The molecule has 202 valence electrons. The van der Waals surface area contributed by atoms with Crippen molar-refractivity contribution >= 4 is 45.7 Å². The highest BCUT2D eigenvalue weighted by Gasteiger charge is 2.17. The van der Waals surface area contributed by atoms with E-state index in [9.17, 15) is 4.79 Å². The summed E-state index contributed by atoms with van der Waals surface area (Å²) in [7, 11) is 3.19. The van der Waals surface area contributed by atoms with E-state index in [-0.39, 0.29) is 5.56 Å². The molecular formula is C29H33N7O3. The normalized spacial score (nSPS) is 13.7. The van der Waals surface area contributed by atoms with E-state index in [0.717, 1.165) is 49.1 Å². The summed E-state index contributed by atoms with van der Waals surface area (Å²) in [4.78, 5) is 27.1. The number of primary amides is 1. The SMILES string of the molecule is CCCN1CCC=C(c2ccc(Nc3nc(Nc4ccc(OC)cc4C(N)=O)c4cc[nH]c4n3)c(OC)c2)C1. The van der Waals surface area contributed by atoms with Crippen LogP contribution < -0.4 is 25.8 Å². The fourth-order valence-electron chi connectivity index (χ4n) is 4.82. The van der Waals surface area contributed by atoms with Gasteiger partial charge in [0.2, 0.25) is 5.95 Å². The molecule has 3 heterocycles. The van der Waals surface area contributed by atoms with Gasteiger partial charge in [-0.15, -0.1) is 0 Å². The van der Waals surface area contributed by atoms with Gasteiger partial charge in [-0.3, -0.25) is 9.69 Å². The highest BCUT2D eigenvalue weighted by Crippen LogP contribution is 2.34. The minimum absolute atomic E-state index is 0.290. The second kappa shape index (κ2) is 11.4. The Labute approximate surface area is 227 Å². The van der Waals surface area contributed by atoms with E-state index in [1.54, 1.807) is 31.5 Å². The first-order valence-corrected chi connectivity index (χ1v) is 13.0. The van der Waals surface area contributed by atoms with Gasteiger partial charge >= 0.3 is 0 Å². The van der Waals surface area contributed by atoms with Crippen molar-refractivity contribution in [2.45, 2.75) is 19.8 Å². The number of nitrogens with zero attached hydrogens (tertiary/aromatic N) is 3. The van der Waals surface area contributed by atoms with Crippen LogP contribution in [-0.4, -0.2) is 59.6 Å². The largest absolute Gasteiger partial charge is 0.497 e. The number of hydrogen-bond acceptors (Lipinski definition) is 8. The van der Waals surface area contributed by atoms with Crippen molar-refractivity contribution in [1.29, 1.82) is 0 Å². The van der Waals surface area contributed by atoms with Crippen LogP contribution in [0.15, 0.2) is 54.7 Å². The molecule has 0 unspecified atom stereocenters. The standard InChI is InChI=1S/C29H33N7O3/c1-4-13-36-14-5-6-19(17-36)18-7-9-24(25(15-18)39-3)33-29-34-27-21(11-12-31-27)28(35-29)32-23-10-8-20(38-2)16-22(23)26(30)37/h6-12,15-16H,4-5,13-14,17H2,1-3H3,(H2,30,37)(H3,31,32,33,34,35). The number of carbonyl (C=O) groups is 1. The van der Waals surface area contributed by atoms with Gasteiger partial charge in [0.15, 0.2) is 0 Å². The molecular weight excluding hydrogens is 494 g/mol. The average Bonchev–Trinajstić information content (AvgIpc) is 3.43. The second-order valence-electron chi connectivity index (χ2n) is 9.37. The third kappa shape index (κ3) is 5.65. The van der Waals surface area contributed by atoms with Gasteiger partial charge < -0.3 is 30.8 Å². The number of aromatic amines is 1. The molecule has 2 aromatic carbocycles. The zero-order chi connectivity index (χ0) is 27.4. The molecule has 1 aliphatic heterocycles. The maximum Gasteiger partial charge on any atom is 0.250 e. The van der Waals surface area contributed by atoms with E-state index in [2.05, 4.69) is 44.6 Å². The van der Waals surface area contributed by atoms with Crippen molar-refractivity contribution in [2.24, 2.45) is 5.73 Å². The van der Waals surface area contributed by atoms with Crippen LogP contribution in [-0.2, 0) is 0 Å². The minimum Gasteiger partial charge on any atom is -0.497 e. The molecule has 39 heavy (non-hydrogen) atoms. The average molecular weight is 528 g/mol. The highest BCUT2D eigenvalue weighted by atomic mass is 16.5. The van der Waals surface area contributed by atoms with Crippen LogP contribution >= 0.6 is 0 Å². The van der Waals surface area contributed by atoms with Crippen molar-refractivity contribution in [3.8, 4) is 11.5 Å². The molecule has 5 N–H and O–H groups in total. The number of methoxy groups -OCH3 is 2. The van der Waals surface area contributed by atoms with Crippen LogP contribution in [0.25, 0.3) is 16.6 Å². The lowest BCUT2D eigenvalue weighted by Gasteiger charge is -2.27. The molecule has 0 atom stereocenters. The molecule has 0 saturated carbocycles. The van der Waals surface area contributed by atoms with Gasteiger partial charge in [0.05, 0.1) is 36.5 Å². The van der Waals surface area contributed by atoms with Gasteiger partial charge in [0.1, 0.15) is 23.0 Å². The van der Waals surface area contributed by atoms with Crippen LogP contribution in [0.2, 0.25) is 0 Å². The summed E-state index contributed by atoms with van der Waals surface area (Å²) in [6.07, 6.45) is 6.28. The number of hydrogen-bond donors (Lipinski definition) is 4. The molecule has 1 aliphatic rings. The Balaban J connectivity index is 1.44. The van der Waals surface area contributed by atoms with Crippen molar-refractivity contribution in [2.75, 3.05) is 44.5 Å². The van der Waals surface area contributed by atoms with E-state index < -0.39 is 5.91 Å². The van der Waals surface area contributed by atoms with Crippen molar-refractivity contribution in [3.63, 3.8) is 0 Å². The number of fused-ring (bicyclic) bond motifs is 1. The topological polar surface area (TPSA) is 130 Å². The van der Waals surface area contributed by atoms with Crippen molar-refractivity contribution < 1.29 is 14.3 Å². The number of carbonyl (C=O) groups excluding carboxylic acids is 1. The molecule has 0 fully saturated rings. The summed E-state index contributed by atoms with van der Waals surface area (Å²) < 4.78 is 11.0. The molecule has 0 saturated heterocycles. The third-order valence-corrected chi connectivity index (χ3v) is 6.75. The lowest BCUT2D eigenvalue weighted by atomic mass is 10.00. The van der Waals surface area contributed by atoms with E-state index in [0.29, 0.717) is 34.6 Å². The third-order valence-electron chi connectivity index (χ3n) is 6.75. The smallest absolute Gasteiger partial charge is 0.250 e. The van der Waals surface area contributed by atoms with Crippen molar-refractivity contribution in [3.05, 3.63) is 65.9 Å². The van der Waals surface area contributed by atoms with Crippen LogP contribution in [0, 0.1) is 0 Å². The molecule has 0 bridgehead atoms. The number of aromatic nitrogens is 3. The Kier molecular flexibility index (Phi) is 7.64. The molecule has 4 aromatic rings. The lowest BCUT2D eigenvalue weighted by Crippen LogP contribution is -2.30. The van der Waals surface area contributed by atoms with Crippen LogP contribution in [0.1, 0.15) is 35.7 Å². The number of H-pyrrole nitrogens is 1. The summed E-state index contributed by atoms with van der Waals surface area (Å²) in [5, 5.41) is 7.30. The number of nitrogens with one attached hydrogen (secondary N) is 3. The van der Waals surface area contributed by atoms with E-state index in [1.807, 2.05) is 18.2 Å². The van der Waals surface area contributed by atoms with E-state index >= 15 is 0 Å². The maximum absolute atomic E-state index is 12.1. The summed E-state index contributed by atoms with van der Waals surface area (Å²) in [5.41, 5.74) is 10.2. The summed E-state index contributed by atoms with van der Waals surface area (Å²) in [6, 6.07) is 13.1. The Morgan fingerprint density at radius 1 is 1.08 bits per heavy atom. The van der Waals surface area contributed by atoms with Gasteiger partial charge in [-0.05, 0) is 66.9 Å². The predicted molar refractivity (Wildman–Crippen MR) is 154 cm³/mol. The first-order valence-electron chi connectivity index (χ1n) is 13.0. The minimum atomic E-state index is -0.579. The Bertz CT molecular complexity index is 1530. The van der Waals surface area contributed by atoms with Gasteiger partial charge in [0.25, 0.3) is 5.91 Å². The van der Waals surface area contributed by atoms with Crippen LogP contribution in [0.5, 0.6) is 11.5 Å². The van der Waals surface area contributed by atoms with Gasteiger partial charge in [-0.1, -0.05) is 19.1 Å². The molecule has 5 rings (SSSR count). The zero-order valence-corrected chi connectivity index (χ0v) is 22.4. The zero-order valence-electron chi connectivity index (χ0n) is 22.4. The van der Waals surface area contributed by atoms with Gasteiger partial charge in [-0.2, -0.15) is 9.97 Å². The summed E-state index contributed by atoms with van der Waals surface area (Å²) >= 11 is 0. The first kappa shape index (κ1) is 26.1. The second-order valence-corrected chi connectivity index (χ2v) is 9.37. The fraction of sp³-hybridized carbons (Fsp3) is 0.276. The molecule has 1 amide bonds. The van der Waals surface area contributed by atoms with Crippen LogP contribution in [0.3, 0.4) is 0 Å². The first-order chi connectivity index (χ1) is 19.0. The molecule has 0 spiro atoms. The molecule has 10 heteroatoms. The quantitative estimate of drug-likeness (QED) is 0.225. The number of ether oxygens (including phenoxy) is 2. The fourth-order valence-corrected chi connectivity index (χ4v) is 4.82. The molecule has 2 aromatic heterocycles. The lowest BCUT2D eigenvalue weighted by molar-refractivity contribution is 0.100. The van der Waals surface area contributed by atoms with E-state index in [1.165, 1.54) is 12.7 Å². The highest BCUT2D eigenvalue weighted by molar-refractivity contribution is 6.01. The monoisotopic (exact) mass is 527 g/mol. The number of amides is 1. The summed E-state index contributed by atoms with van der Waals surface area (Å²) in [6.45, 7) is 5.34. The van der Waals surface area contributed by atoms with E-state index in [4.69, 9.17) is 20.2 Å². The predicted octanol–water partition coefficient (Wildman–Crippen LogP) is 5.06. The Hall–Kier alpha value is -4.57. The molecule has 0 radical (unpaired) electrons. The number of anilines is 4. The van der Waals surface area contributed by atoms with Gasteiger partial charge in [-0.25, -0.2) is 0 Å². The number of benzene rings is 2. The Morgan fingerprint density at radius 2 is 1.92 bits per heavy atom. The van der Waals surface area contributed by atoms with Gasteiger partial charge in [0, 0.05) is 19.3 Å². The molecule has 0 aliphatic carbocycles. The summed E-state index contributed by atoms with van der Waals surface area (Å²) in [5.74, 6) is 1.51. The Morgan fingerprint density at radius 3 is 2.69 bits per heavy atom. The maximum atomic E-state index is 12.1. The van der Waals surface area contributed by atoms with Crippen LogP contribution in [0.4, 0.5) is 23.1 Å². The number of nitrogens with two attached hydrogens (primary N) is 1.